The van der Waals surface area contributed by atoms with E-state index in [9.17, 15) is 9.18 Å². The van der Waals surface area contributed by atoms with Crippen molar-refractivity contribution in [1.29, 1.82) is 0 Å². The molecule has 0 aromatic heterocycles. The first-order valence-corrected chi connectivity index (χ1v) is 8.14. The lowest BCUT2D eigenvalue weighted by molar-refractivity contribution is -0.132. The summed E-state index contributed by atoms with van der Waals surface area (Å²) in [5.74, 6) is 0.0375. The number of likely N-dealkylation sites (N-methyl/N-ethyl adjacent to an activating group) is 1. The summed E-state index contributed by atoms with van der Waals surface area (Å²) >= 11 is 0. The highest BCUT2D eigenvalue weighted by molar-refractivity contribution is 5.76. The van der Waals surface area contributed by atoms with Crippen LogP contribution >= 0.6 is 0 Å². The van der Waals surface area contributed by atoms with Gasteiger partial charge in [-0.25, -0.2) is 4.39 Å². The summed E-state index contributed by atoms with van der Waals surface area (Å²) in [5, 5.41) is 3.29. The molecule has 1 aromatic rings. The Morgan fingerprint density at radius 2 is 1.82 bits per heavy atom. The molecule has 1 saturated heterocycles. The lowest BCUT2D eigenvalue weighted by Gasteiger charge is -2.34. The summed E-state index contributed by atoms with van der Waals surface area (Å²) in [7, 11) is 0. The minimum atomic E-state index is -0.203. The fraction of sp³-hybridized carbons (Fsp3) is 0.588. The molecule has 122 valence electrons. The second-order valence-corrected chi connectivity index (χ2v) is 5.69. The van der Waals surface area contributed by atoms with E-state index in [2.05, 4.69) is 17.1 Å². The van der Waals surface area contributed by atoms with E-state index in [1.54, 1.807) is 12.1 Å². The number of rotatable bonds is 7. The first kappa shape index (κ1) is 16.9. The fourth-order valence-electron chi connectivity index (χ4n) is 2.68. The summed E-state index contributed by atoms with van der Waals surface area (Å²) in [6.07, 6.45) is 1.40. The van der Waals surface area contributed by atoms with E-state index in [1.807, 2.05) is 4.90 Å². The molecule has 4 nitrogen and oxygen atoms in total. The lowest BCUT2D eigenvalue weighted by Crippen LogP contribution is -2.48. The number of benzene rings is 1. The van der Waals surface area contributed by atoms with Crippen LogP contribution in [0, 0.1) is 5.82 Å². The number of carbonyl (C=O) groups is 1. The largest absolute Gasteiger partial charge is 0.340 e. The third kappa shape index (κ3) is 5.39. The number of hydrogen-bond donors (Lipinski definition) is 1. The zero-order valence-corrected chi connectivity index (χ0v) is 13.4. The maximum Gasteiger partial charge on any atom is 0.223 e. The molecule has 0 unspecified atom stereocenters. The van der Waals surface area contributed by atoms with E-state index in [0.29, 0.717) is 13.0 Å². The molecular weight excluding hydrogens is 281 g/mol. The van der Waals surface area contributed by atoms with Crippen LogP contribution in [-0.2, 0) is 11.2 Å². The molecule has 1 N–H and O–H groups in total. The van der Waals surface area contributed by atoms with E-state index in [4.69, 9.17) is 0 Å². The molecule has 0 radical (unpaired) electrons. The Bertz CT molecular complexity index is 455. The Hall–Kier alpha value is -1.46. The molecule has 1 aromatic carbocycles. The maximum atomic E-state index is 12.8. The van der Waals surface area contributed by atoms with Gasteiger partial charge in [-0.15, -0.1) is 0 Å². The van der Waals surface area contributed by atoms with Crippen molar-refractivity contribution in [2.45, 2.75) is 19.8 Å². The first-order chi connectivity index (χ1) is 10.7. The summed E-state index contributed by atoms with van der Waals surface area (Å²) in [6, 6.07) is 6.56. The first-order valence-electron chi connectivity index (χ1n) is 8.14. The van der Waals surface area contributed by atoms with Crippen LogP contribution in [-0.4, -0.2) is 61.5 Å². The number of amides is 1. The predicted octanol–water partition coefficient (Wildman–Crippen LogP) is 1.51. The number of halogens is 1. The molecule has 0 bridgehead atoms. The predicted molar refractivity (Wildman–Crippen MR) is 86.3 cm³/mol. The van der Waals surface area contributed by atoms with Crippen LogP contribution in [0.3, 0.4) is 0 Å². The Morgan fingerprint density at radius 1 is 1.14 bits per heavy atom. The maximum absolute atomic E-state index is 12.8. The molecule has 1 fully saturated rings. The van der Waals surface area contributed by atoms with Crippen LogP contribution in [0.2, 0.25) is 0 Å². The van der Waals surface area contributed by atoms with E-state index >= 15 is 0 Å². The van der Waals surface area contributed by atoms with Crippen LogP contribution in [0.1, 0.15) is 18.9 Å². The van der Waals surface area contributed by atoms with Crippen LogP contribution in [0.15, 0.2) is 24.3 Å². The van der Waals surface area contributed by atoms with Gasteiger partial charge >= 0.3 is 0 Å². The molecular formula is C17H26FN3O. The number of nitrogens with zero attached hydrogens (tertiary/aromatic N) is 2. The van der Waals surface area contributed by atoms with Gasteiger partial charge in [-0.2, -0.15) is 0 Å². The summed E-state index contributed by atoms with van der Waals surface area (Å²) in [6.45, 7) is 8.40. The molecule has 0 saturated carbocycles. The van der Waals surface area contributed by atoms with Crippen molar-refractivity contribution in [2.24, 2.45) is 0 Å². The SMILES string of the molecule is CCN1CCN(C(=O)CCNCCc2ccc(F)cc2)CC1. The van der Waals surface area contributed by atoms with Gasteiger partial charge in [0.05, 0.1) is 0 Å². The van der Waals surface area contributed by atoms with Gasteiger partial charge in [0.15, 0.2) is 0 Å². The molecule has 0 spiro atoms. The average Bonchev–Trinajstić information content (AvgIpc) is 2.56. The second-order valence-electron chi connectivity index (χ2n) is 5.69. The molecule has 1 heterocycles. The number of hydrogen-bond acceptors (Lipinski definition) is 3. The Balaban J connectivity index is 1.56. The van der Waals surface area contributed by atoms with Crippen molar-refractivity contribution >= 4 is 5.91 Å². The van der Waals surface area contributed by atoms with Gasteiger partial charge < -0.3 is 15.1 Å². The van der Waals surface area contributed by atoms with Gasteiger partial charge in [0, 0.05) is 39.1 Å². The number of carbonyl (C=O) groups excluding carboxylic acids is 1. The van der Waals surface area contributed by atoms with Crippen molar-refractivity contribution in [3.8, 4) is 0 Å². The topological polar surface area (TPSA) is 35.6 Å². The van der Waals surface area contributed by atoms with Crippen molar-refractivity contribution in [3.63, 3.8) is 0 Å². The highest BCUT2D eigenvalue weighted by atomic mass is 19.1. The summed E-state index contributed by atoms with van der Waals surface area (Å²) in [5.41, 5.74) is 1.11. The highest BCUT2D eigenvalue weighted by Crippen LogP contribution is 2.04. The van der Waals surface area contributed by atoms with Crippen molar-refractivity contribution < 1.29 is 9.18 Å². The fourth-order valence-corrected chi connectivity index (χ4v) is 2.68. The zero-order valence-electron chi connectivity index (χ0n) is 13.4. The Morgan fingerprint density at radius 3 is 2.45 bits per heavy atom. The number of nitrogens with one attached hydrogen (secondary N) is 1. The summed E-state index contributed by atoms with van der Waals surface area (Å²) in [4.78, 5) is 16.4. The smallest absolute Gasteiger partial charge is 0.223 e. The average molecular weight is 307 g/mol. The molecule has 1 aliphatic heterocycles. The Labute approximate surface area is 132 Å². The van der Waals surface area contributed by atoms with E-state index in [-0.39, 0.29) is 11.7 Å². The van der Waals surface area contributed by atoms with Crippen molar-refractivity contribution in [2.75, 3.05) is 45.8 Å². The molecule has 22 heavy (non-hydrogen) atoms. The van der Waals surface area contributed by atoms with Gasteiger partial charge in [-0.3, -0.25) is 4.79 Å². The van der Waals surface area contributed by atoms with Crippen molar-refractivity contribution in [1.82, 2.24) is 15.1 Å². The minimum absolute atomic E-state index is 0.203. The van der Waals surface area contributed by atoms with E-state index in [1.165, 1.54) is 12.1 Å². The number of piperazine rings is 1. The van der Waals surface area contributed by atoms with Gasteiger partial charge in [0.1, 0.15) is 5.82 Å². The van der Waals surface area contributed by atoms with Crippen LogP contribution in [0.5, 0.6) is 0 Å². The van der Waals surface area contributed by atoms with Gasteiger partial charge in [-0.05, 0) is 37.2 Å². The molecule has 1 aliphatic rings. The second kappa shape index (κ2) is 8.86. The summed E-state index contributed by atoms with van der Waals surface area (Å²) < 4.78 is 12.8. The monoisotopic (exact) mass is 307 g/mol. The third-order valence-corrected chi connectivity index (χ3v) is 4.19. The van der Waals surface area contributed by atoms with Gasteiger partial charge in [0.25, 0.3) is 0 Å². The van der Waals surface area contributed by atoms with Crippen LogP contribution in [0.25, 0.3) is 0 Å². The molecule has 0 aliphatic carbocycles. The zero-order chi connectivity index (χ0) is 15.8. The van der Waals surface area contributed by atoms with Crippen molar-refractivity contribution in [3.05, 3.63) is 35.6 Å². The van der Waals surface area contributed by atoms with Gasteiger partial charge in [0.2, 0.25) is 5.91 Å². The third-order valence-electron chi connectivity index (χ3n) is 4.19. The lowest BCUT2D eigenvalue weighted by atomic mass is 10.1. The minimum Gasteiger partial charge on any atom is -0.340 e. The van der Waals surface area contributed by atoms with E-state index < -0.39 is 0 Å². The molecule has 2 rings (SSSR count). The van der Waals surface area contributed by atoms with Crippen LogP contribution < -0.4 is 5.32 Å². The quantitative estimate of drug-likeness (QED) is 0.776. The van der Waals surface area contributed by atoms with E-state index in [0.717, 1.165) is 51.3 Å². The molecule has 0 atom stereocenters. The normalized spacial score (nSPS) is 16.0. The standard InChI is InChI=1S/C17H26FN3O/c1-2-20-11-13-21(14-12-20)17(22)8-10-19-9-7-15-3-5-16(18)6-4-15/h3-6,19H,2,7-14H2,1H3. The highest BCUT2D eigenvalue weighted by Gasteiger charge is 2.19. The molecule has 1 amide bonds. The van der Waals surface area contributed by atoms with Gasteiger partial charge in [-0.1, -0.05) is 19.1 Å². The Kier molecular flexibility index (Phi) is 6.80. The molecule has 5 heteroatoms. The van der Waals surface area contributed by atoms with Crippen LogP contribution in [0.4, 0.5) is 4.39 Å².